The Morgan fingerprint density at radius 2 is 1.96 bits per heavy atom. The second kappa shape index (κ2) is 6.75. The number of carbonyl (C=O) groups excluding carboxylic acids is 1. The molecule has 8 nitrogen and oxygen atoms in total. The van der Waals surface area contributed by atoms with E-state index < -0.39 is 4.92 Å². The van der Waals surface area contributed by atoms with E-state index in [1.165, 1.54) is 12.1 Å². The number of aromatic nitrogens is 1. The van der Waals surface area contributed by atoms with Crippen LogP contribution in [0.5, 0.6) is 0 Å². The first-order valence-corrected chi connectivity index (χ1v) is 7.27. The van der Waals surface area contributed by atoms with Crippen LogP contribution in [-0.2, 0) is 4.79 Å². The Hall–Kier alpha value is -3.81. The molecule has 3 aromatic rings. The number of nitro groups is 1. The molecule has 0 atom stereocenters. The maximum atomic E-state index is 11.0. The van der Waals surface area contributed by atoms with Crippen LogP contribution in [0.25, 0.3) is 22.2 Å². The average molecular weight is 335 g/mol. The summed E-state index contributed by atoms with van der Waals surface area (Å²) in [7, 11) is 0. The van der Waals surface area contributed by atoms with Crippen LogP contribution in [-0.4, -0.2) is 22.3 Å². The molecule has 0 fully saturated rings. The first kappa shape index (κ1) is 16.1. The molecule has 25 heavy (non-hydrogen) atoms. The van der Waals surface area contributed by atoms with Gasteiger partial charge in [-0.25, -0.2) is 9.98 Å². The number of nitro benzene ring substituents is 1. The number of guanidine groups is 1. The monoisotopic (exact) mass is 335 g/mol. The Balaban J connectivity index is 2.26. The summed E-state index contributed by atoms with van der Waals surface area (Å²) < 4.78 is 0. The van der Waals surface area contributed by atoms with Gasteiger partial charge >= 0.3 is 0 Å². The van der Waals surface area contributed by atoms with E-state index in [-0.39, 0.29) is 11.6 Å². The Morgan fingerprint density at radius 1 is 1.20 bits per heavy atom. The minimum absolute atomic E-state index is 0.0832. The van der Waals surface area contributed by atoms with Gasteiger partial charge in [0.1, 0.15) is 0 Å². The van der Waals surface area contributed by atoms with Gasteiger partial charge in [0, 0.05) is 23.1 Å². The molecule has 0 bridgehead atoms. The molecule has 0 aliphatic heterocycles. The third-order valence-corrected chi connectivity index (χ3v) is 3.50. The lowest BCUT2D eigenvalue weighted by Crippen LogP contribution is -2.29. The third kappa shape index (κ3) is 3.42. The highest BCUT2D eigenvalue weighted by Gasteiger charge is 2.12. The first-order valence-electron chi connectivity index (χ1n) is 7.27. The summed E-state index contributed by atoms with van der Waals surface area (Å²) in [5.74, 6) is -0.118. The molecule has 0 aliphatic carbocycles. The summed E-state index contributed by atoms with van der Waals surface area (Å²) in [6.45, 7) is 0. The predicted molar refractivity (Wildman–Crippen MR) is 94.3 cm³/mol. The lowest BCUT2D eigenvalue weighted by Gasteiger charge is -2.08. The highest BCUT2D eigenvalue weighted by molar-refractivity contribution is 5.98. The second-order valence-corrected chi connectivity index (χ2v) is 5.11. The summed E-state index contributed by atoms with van der Waals surface area (Å²) in [5, 5.41) is 13.7. The van der Waals surface area contributed by atoms with Crippen molar-refractivity contribution in [3.05, 3.63) is 64.7 Å². The van der Waals surface area contributed by atoms with Crippen LogP contribution in [0.4, 0.5) is 11.4 Å². The fourth-order valence-corrected chi connectivity index (χ4v) is 2.38. The fraction of sp³-hybridized carbons (Fsp3) is 0. The summed E-state index contributed by atoms with van der Waals surface area (Å²) in [4.78, 5) is 29.8. The lowest BCUT2D eigenvalue weighted by atomic mass is 10.1. The zero-order valence-electron chi connectivity index (χ0n) is 12.9. The summed E-state index contributed by atoms with van der Waals surface area (Å²) in [6, 6.07) is 15.4. The first-order chi connectivity index (χ1) is 12.1. The van der Waals surface area contributed by atoms with Crippen LogP contribution in [0.3, 0.4) is 0 Å². The molecule has 3 rings (SSSR count). The van der Waals surface area contributed by atoms with E-state index in [9.17, 15) is 14.9 Å². The van der Waals surface area contributed by atoms with E-state index in [4.69, 9.17) is 5.73 Å². The van der Waals surface area contributed by atoms with Crippen molar-refractivity contribution in [1.82, 2.24) is 10.3 Å². The van der Waals surface area contributed by atoms with E-state index in [1.54, 1.807) is 12.1 Å². The van der Waals surface area contributed by atoms with Gasteiger partial charge in [-0.1, -0.05) is 30.3 Å². The van der Waals surface area contributed by atoms with Gasteiger partial charge in [0.25, 0.3) is 5.69 Å². The van der Waals surface area contributed by atoms with Crippen LogP contribution >= 0.6 is 0 Å². The zero-order chi connectivity index (χ0) is 17.8. The quantitative estimate of drug-likeness (QED) is 0.249. The number of benzene rings is 2. The number of carbonyl (C=O) groups is 1. The molecular formula is C17H13N5O3. The van der Waals surface area contributed by atoms with E-state index in [2.05, 4.69) is 15.3 Å². The molecule has 0 radical (unpaired) electrons. The number of amides is 1. The number of hydrogen-bond acceptors (Lipinski definition) is 5. The van der Waals surface area contributed by atoms with Crippen LogP contribution in [0.15, 0.2) is 59.6 Å². The predicted octanol–water partition coefficient (Wildman–Crippen LogP) is 2.50. The number of aliphatic imine (C=N–C) groups is 1. The number of nitrogens with zero attached hydrogens (tertiary/aromatic N) is 3. The SMILES string of the molecule is NC(=Nc1cc(-c2ccccc2)nc2ccc([N+](=O)[O-])cc12)NC=O. The molecule has 1 amide bonds. The topological polar surface area (TPSA) is 124 Å². The van der Waals surface area contributed by atoms with E-state index in [0.717, 1.165) is 5.56 Å². The van der Waals surface area contributed by atoms with Crippen molar-refractivity contribution in [2.24, 2.45) is 10.7 Å². The normalized spacial score (nSPS) is 11.3. The van der Waals surface area contributed by atoms with E-state index in [0.29, 0.717) is 28.7 Å². The van der Waals surface area contributed by atoms with Crippen molar-refractivity contribution in [3.8, 4) is 11.3 Å². The molecule has 1 aromatic heterocycles. The zero-order valence-corrected chi connectivity index (χ0v) is 12.9. The Morgan fingerprint density at radius 3 is 2.64 bits per heavy atom. The Labute approximate surface area is 142 Å². The van der Waals surface area contributed by atoms with Crippen molar-refractivity contribution < 1.29 is 9.72 Å². The molecule has 0 unspecified atom stereocenters. The van der Waals surface area contributed by atoms with E-state index >= 15 is 0 Å². The number of non-ortho nitro benzene ring substituents is 1. The van der Waals surface area contributed by atoms with Gasteiger partial charge in [-0.2, -0.15) is 0 Å². The van der Waals surface area contributed by atoms with E-state index in [1.807, 2.05) is 30.3 Å². The number of rotatable bonds is 4. The third-order valence-electron chi connectivity index (χ3n) is 3.50. The van der Waals surface area contributed by atoms with Crippen molar-refractivity contribution in [2.45, 2.75) is 0 Å². The van der Waals surface area contributed by atoms with Crippen LogP contribution < -0.4 is 11.1 Å². The van der Waals surface area contributed by atoms with Crippen molar-refractivity contribution >= 4 is 34.6 Å². The van der Waals surface area contributed by atoms with Gasteiger partial charge in [0.05, 0.1) is 21.8 Å². The van der Waals surface area contributed by atoms with Crippen molar-refractivity contribution in [1.29, 1.82) is 0 Å². The standard InChI is InChI=1S/C17H13N5O3/c18-17(19-10-23)21-16-9-15(11-4-2-1-3-5-11)20-14-7-6-12(22(24)25)8-13(14)16/h1-10H,(H3,18,19,20,21,23). The maximum absolute atomic E-state index is 11.0. The number of fused-ring (bicyclic) bond motifs is 1. The van der Waals surface area contributed by atoms with Crippen LogP contribution in [0, 0.1) is 10.1 Å². The Kier molecular flexibility index (Phi) is 4.34. The molecule has 0 spiro atoms. The molecule has 0 aliphatic rings. The smallest absolute Gasteiger partial charge is 0.270 e. The minimum Gasteiger partial charge on any atom is -0.369 e. The second-order valence-electron chi connectivity index (χ2n) is 5.11. The number of pyridine rings is 1. The highest BCUT2D eigenvalue weighted by Crippen LogP contribution is 2.32. The van der Waals surface area contributed by atoms with Crippen LogP contribution in [0.1, 0.15) is 0 Å². The van der Waals surface area contributed by atoms with Crippen LogP contribution in [0.2, 0.25) is 0 Å². The minimum atomic E-state index is -0.495. The molecule has 1 heterocycles. The molecule has 0 saturated carbocycles. The Bertz CT molecular complexity index is 986. The van der Waals surface area contributed by atoms with Gasteiger partial charge in [-0.3, -0.25) is 20.2 Å². The fourth-order valence-electron chi connectivity index (χ4n) is 2.38. The summed E-state index contributed by atoms with van der Waals surface area (Å²) >= 11 is 0. The van der Waals surface area contributed by atoms with Crippen molar-refractivity contribution in [3.63, 3.8) is 0 Å². The van der Waals surface area contributed by atoms with Crippen molar-refractivity contribution in [2.75, 3.05) is 0 Å². The van der Waals surface area contributed by atoms with Gasteiger partial charge in [-0.05, 0) is 12.1 Å². The lowest BCUT2D eigenvalue weighted by molar-refractivity contribution is -0.384. The molecule has 124 valence electrons. The molecule has 2 aromatic carbocycles. The highest BCUT2D eigenvalue weighted by atomic mass is 16.6. The van der Waals surface area contributed by atoms with Gasteiger partial charge in [0.2, 0.25) is 6.41 Å². The van der Waals surface area contributed by atoms with Gasteiger partial charge in [0.15, 0.2) is 5.96 Å². The molecule has 0 saturated heterocycles. The number of nitrogens with two attached hydrogens (primary N) is 1. The maximum Gasteiger partial charge on any atom is 0.270 e. The molecule has 3 N–H and O–H groups in total. The molecular weight excluding hydrogens is 322 g/mol. The summed E-state index contributed by atoms with van der Waals surface area (Å²) in [6.07, 6.45) is 0.406. The largest absolute Gasteiger partial charge is 0.369 e. The number of hydrogen-bond donors (Lipinski definition) is 2. The summed E-state index contributed by atoms with van der Waals surface area (Å²) in [5.41, 5.74) is 7.97. The van der Waals surface area contributed by atoms with Gasteiger partial charge < -0.3 is 5.73 Å². The van der Waals surface area contributed by atoms with Gasteiger partial charge in [-0.15, -0.1) is 0 Å². The average Bonchev–Trinajstić information content (AvgIpc) is 2.62. The number of nitrogens with one attached hydrogen (secondary N) is 1. The molecule has 8 heteroatoms.